The van der Waals surface area contributed by atoms with E-state index in [4.69, 9.17) is 0 Å². The van der Waals surface area contributed by atoms with Crippen LogP contribution in [0.5, 0.6) is 0 Å². The molecule has 0 fully saturated rings. The lowest BCUT2D eigenvalue weighted by molar-refractivity contribution is -0.138. The summed E-state index contributed by atoms with van der Waals surface area (Å²) in [5.74, 6) is 0. The standard InChI is InChI=1S/C11H12F3.2C2H5.Al/c1-2-3-6-9-7-4-5-8-10(9)11(12,13)14;2*1-2;/h3-5,7-8H,2,6H2,1H3;2*1H2,2H3;. The summed E-state index contributed by atoms with van der Waals surface area (Å²) < 4.78 is 39.4. The first-order valence-corrected chi connectivity index (χ1v) is 9.39. The van der Waals surface area contributed by atoms with Gasteiger partial charge in [-0.05, 0) is 18.1 Å². The largest absolute Gasteiger partial charge is 0.416 e. The van der Waals surface area contributed by atoms with Crippen molar-refractivity contribution in [3.8, 4) is 0 Å². The molecule has 0 saturated heterocycles. The van der Waals surface area contributed by atoms with Crippen LogP contribution in [0.2, 0.25) is 15.3 Å². The number of alkyl halides is 3. The first-order valence-electron chi connectivity index (χ1n) is 7.09. The van der Waals surface area contributed by atoms with E-state index in [1.165, 1.54) is 22.7 Å². The zero-order valence-corrected chi connectivity index (χ0v) is 13.1. The van der Waals surface area contributed by atoms with Crippen LogP contribution in [-0.4, -0.2) is 14.1 Å². The fourth-order valence-electron chi connectivity index (χ4n) is 2.86. The third kappa shape index (κ3) is 4.54. The van der Waals surface area contributed by atoms with Crippen LogP contribution in [0.25, 0.3) is 0 Å². The van der Waals surface area contributed by atoms with Gasteiger partial charge in [0.1, 0.15) is 0 Å². The molecule has 0 N–H and O–H groups in total. The van der Waals surface area contributed by atoms with Gasteiger partial charge in [0.2, 0.25) is 0 Å². The van der Waals surface area contributed by atoms with Gasteiger partial charge in [0.05, 0.1) is 5.56 Å². The van der Waals surface area contributed by atoms with Gasteiger partial charge in [-0.15, -0.1) is 0 Å². The predicted octanol–water partition coefficient (Wildman–Crippen LogP) is 5.56. The lowest BCUT2D eigenvalue weighted by Gasteiger charge is -2.22. The molecule has 0 radical (unpaired) electrons. The molecule has 0 aliphatic carbocycles. The lowest BCUT2D eigenvalue weighted by atomic mass is 10.0. The molecule has 0 aliphatic rings. The first kappa shape index (κ1) is 16.6. The molecule has 1 aromatic rings. The molecule has 19 heavy (non-hydrogen) atoms. The van der Waals surface area contributed by atoms with Crippen molar-refractivity contribution in [3.63, 3.8) is 0 Å². The minimum absolute atomic E-state index is 0.451. The van der Waals surface area contributed by atoms with E-state index < -0.39 is 25.9 Å². The highest BCUT2D eigenvalue weighted by atomic mass is 27.2. The summed E-state index contributed by atoms with van der Waals surface area (Å²) in [4.78, 5) is 0. The fraction of sp³-hybridized carbons (Fsp3) is 0.600. The molecule has 106 valence electrons. The Balaban J connectivity index is 2.98. The van der Waals surface area contributed by atoms with Crippen molar-refractivity contribution >= 4 is 14.1 Å². The van der Waals surface area contributed by atoms with E-state index in [2.05, 4.69) is 20.8 Å². The SMILES string of the molecule is CC[CH](Cc1ccccc1C(F)(F)F)[Al]([CH2]C)[CH2]C. The smallest absolute Gasteiger partial charge is 0.166 e. The van der Waals surface area contributed by atoms with Gasteiger partial charge in [-0.2, -0.15) is 13.2 Å². The third-order valence-corrected chi connectivity index (χ3v) is 8.18. The Morgan fingerprint density at radius 2 is 1.63 bits per heavy atom. The van der Waals surface area contributed by atoms with E-state index in [-0.39, 0.29) is 0 Å². The molecule has 1 aromatic carbocycles. The minimum atomic E-state index is -4.23. The van der Waals surface area contributed by atoms with Gasteiger partial charge in [0.15, 0.2) is 0 Å². The molecule has 0 spiro atoms. The second-order valence-corrected chi connectivity index (χ2v) is 9.20. The van der Waals surface area contributed by atoms with Crippen LogP contribution in [-0.2, 0) is 12.6 Å². The maximum absolute atomic E-state index is 13.0. The second-order valence-electron chi connectivity index (χ2n) is 5.10. The van der Waals surface area contributed by atoms with Crippen LogP contribution in [0.1, 0.15) is 38.3 Å². The Bertz CT molecular complexity index is 383. The molecular formula is C15H22AlF3. The van der Waals surface area contributed by atoms with Crippen LogP contribution in [0, 0.1) is 0 Å². The van der Waals surface area contributed by atoms with Gasteiger partial charge >= 0.3 is 6.18 Å². The van der Waals surface area contributed by atoms with Crippen molar-refractivity contribution in [1.82, 2.24) is 0 Å². The zero-order chi connectivity index (χ0) is 14.5. The molecule has 0 bridgehead atoms. The Labute approximate surface area is 118 Å². The highest BCUT2D eigenvalue weighted by Gasteiger charge is 2.34. The number of benzene rings is 1. The molecule has 0 saturated carbocycles. The van der Waals surface area contributed by atoms with Crippen LogP contribution >= 0.6 is 0 Å². The van der Waals surface area contributed by atoms with Crippen LogP contribution in [0.4, 0.5) is 13.2 Å². The van der Waals surface area contributed by atoms with E-state index in [1.807, 2.05) is 0 Å². The Kier molecular flexibility index (Phi) is 6.43. The van der Waals surface area contributed by atoms with Crippen LogP contribution in [0.15, 0.2) is 24.3 Å². The van der Waals surface area contributed by atoms with Crippen molar-refractivity contribution in [1.29, 1.82) is 0 Å². The van der Waals surface area contributed by atoms with E-state index in [9.17, 15) is 13.2 Å². The average molecular weight is 286 g/mol. The Morgan fingerprint density at radius 3 is 2.11 bits per heavy atom. The first-order chi connectivity index (χ1) is 8.93. The van der Waals surface area contributed by atoms with Crippen molar-refractivity contribution in [3.05, 3.63) is 35.4 Å². The molecule has 4 heteroatoms. The van der Waals surface area contributed by atoms with E-state index in [0.29, 0.717) is 16.8 Å². The molecule has 0 aromatic heterocycles. The van der Waals surface area contributed by atoms with Crippen LogP contribution < -0.4 is 0 Å². The quantitative estimate of drug-likeness (QED) is 0.600. The summed E-state index contributed by atoms with van der Waals surface area (Å²) in [6.45, 7) is 6.46. The summed E-state index contributed by atoms with van der Waals surface area (Å²) in [5.41, 5.74) is 0.0228. The molecule has 0 nitrogen and oxygen atoms in total. The van der Waals surface area contributed by atoms with Crippen molar-refractivity contribution in [2.45, 2.75) is 55.1 Å². The Morgan fingerprint density at radius 1 is 1.05 bits per heavy atom. The molecule has 1 atom stereocenters. The highest BCUT2D eigenvalue weighted by molar-refractivity contribution is 6.60. The monoisotopic (exact) mass is 286 g/mol. The minimum Gasteiger partial charge on any atom is -0.166 e. The van der Waals surface area contributed by atoms with Gasteiger partial charge in [-0.1, -0.05) is 60.7 Å². The number of hydrogen-bond donors (Lipinski definition) is 0. The molecule has 1 rings (SSSR count). The normalized spacial score (nSPS) is 13.4. The van der Waals surface area contributed by atoms with E-state index in [0.717, 1.165) is 6.42 Å². The Hall–Kier alpha value is -0.458. The summed E-state index contributed by atoms with van der Waals surface area (Å²) >= 11 is -0.919. The van der Waals surface area contributed by atoms with Gasteiger partial charge < -0.3 is 0 Å². The summed E-state index contributed by atoms with van der Waals surface area (Å²) in [5, 5.41) is 2.34. The van der Waals surface area contributed by atoms with Crippen molar-refractivity contribution in [2.24, 2.45) is 0 Å². The maximum Gasteiger partial charge on any atom is 0.416 e. The molecule has 0 amide bonds. The summed E-state index contributed by atoms with van der Waals surface area (Å²) in [6, 6.07) is 6.03. The average Bonchev–Trinajstić information content (AvgIpc) is 2.38. The maximum atomic E-state index is 13.0. The fourth-order valence-corrected chi connectivity index (χ4v) is 6.02. The van der Waals surface area contributed by atoms with Crippen molar-refractivity contribution < 1.29 is 13.2 Å². The topological polar surface area (TPSA) is 0 Å². The van der Waals surface area contributed by atoms with Gasteiger partial charge in [-0.3, -0.25) is 0 Å². The van der Waals surface area contributed by atoms with Crippen molar-refractivity contribution in [2.75, 3.05) is 0 Å². The lowest BCUT2D eigenvalue weighted by Crippen LogP contribution is -2.21. The van der Waals surface area contributed by atoms with E-state index in [1.54, 1.807) is 12.1 Å². The number of rotatable bonds is 6. The van der Waals surface area contributed by atoms with Gasteiger partial charge in [0, 0.05) is 0 Å². The molecule has 0 aliphatic heterocycles. The van der Waals surface area contributed by atoms with Gasteiger partial charge in [-0.25, -0.2) is 0 Å². The zero-order valence-electron chi connectivity index (χ0n) is 11.9. The molecule has 0 heterocycles. The number of halogens is 3. The van der Waals surface area contributed by atoms with Gasteiger partial charge in [0.25, 0.3) is 14.1 Å². The third-order valence-electron chi connectivity index (χ3n) is 4.04. The highest BCUT2D eigenvalue weighted by Crippen LogP contribution is 2.35. The summed E-state index contributed by atoms with van der Waals surface area (Å²) in [6.07, 6.45) is -2.65. The molecule has 1 unspecified atom stereocenters. The van der Waals surface area contributed by atoms with Crippen LogP contribution in [0.3, 0.4) is 0 Å². The predicted molar refractivity (Wildman–Crippen MR) is 75.9 cm³/mol. The second kappa shape index (κ2) is 7.36. The summed E-state index contributed by atoms with van der Waals surface area (Å²) in [7, 11) is 0. The number of hydrogen-bond acceptors (Lipinski definition) is 0. The van der Waals surface area contributed by atoms with E-state index >= 15 is 0 Å². The molecular weight excluding hydrogens is 264 g/mol.